The first-order valence-corrected chi connectivity index (χ1v) is 4.50. The molecule has 2 heterocycles. The molecule has 1 aliphatic rings. The molecule has 0 bridgehead atoms. The van der Waals surface area contributed by atoms with E-state index in [1.54, 1.807) is 19.2 Å². The number of hydrogen-bond donors (Lipinski definition) is 2. The van der Waals surface area contributed by atoms with Crippen molar-refractivity contribution in [2.45, 2.75) is 6.92 Å². The molecule has 0 saturated heterocycles. The molecule has 4 nitrogen and oxygen atoms in total. The van der Waals surface area contributed by atoms with E-state index in [2.05, 4.69) is 10.3 Å². The first-order chi connectivity index (χ1) is 7.22. The van der Waals surface area contributed by atoms with Gasteiger partial charge < -0.3 is 10.3 Å². The molecule has 2 rings (SSSR count). The number of carbonyl (C=O) groups excluding carboxylic acids is 1. The number of H-pyrrole nitrogens is 1. The van der Waals surface area contributed by atoms with Crippen LogP contribution >= 0.6 is 0 Å². The summed E-state index contributed by atoms with van der Waals surface area (Å²) in [7, 11) is 0. The van der Waals surface area contributed by atoms with E-state index in [4.69, 9.17) is 5.26 Å². The average molecular weight is 199 g/mol. The molecule has 4 heteroatoms. The van der Waals surface area contributed by atoms with Crippen molar-refractivity contribution < 1.29 is 4.79 Å². The van der Waals surface area contributed by atoms with Crippen LogP contribution in [0.1, 0.15) is 12.6 Å². The third-order valence-electron chi connectivity index (χ3n) is 2.29. The maximum absolute atomic E-state index is 11.3. The molecule has 1 aliphatic heterocycles. The van der Waals surface area contributed by atoms with Gasteiger partial charge in [0.05, 0.1) is 0 Å². The van der Waals surface area contributed by atoms with Crippen molar-refractivity contribution in [3.05, 3.63) is 40.9 Å². The molecule has 0 aliphatic carbocycles. The normalized spacial score (nSPS) is 18.1. The molecule has 0 radical (unpaired) electrons. The van der Waals surface area contributed by atoms with E-state index in [9.17, 15) is 4.79 Å². The molecule has 0 fully saturated rings. The third-order valence-corrected chi connectivity index (χ3v) is 2.29. The number of nitrogens with one attached hydrogen (secondary N) is 2. The van der Waals surface area contributed by atoms with Gasteiger partial charge in [0, 0.05) is 17.6 Å². The van der Waals surface area contributed by atoms with Crippen LogP contribution in [0.5, 0.6) is 0 Å². The number of nitrogens with zero attached hydrogens (tertiary/aromatic N) is 1. The van der Waals surface area contributed by atoms with Crippen molar-refractivity contribution in [1.82, 2.24) is 10.3 Å². The summed E-state index contributed by atoms with van der Waals surface area (Å²) in [6, 6.07) is 5.64. The lowest BCUT2D eigenvalue weighted by Gasteiger charge is -1.98. The summed E-state index contributed by atoms with van der Waals surface area (Å²) in [6.07, 6.45) is 3.60. The summed E-state index contributed by atoms with van der Waals surface area (Å²) in [5.74, 6) is -0.326. The zero-order chi connectivity index (χ0) is 10.8. The van der Waals surface area contributed by atoms with Gasteiger partial charge in [0.15, 0.2) is 0 Å². The highest BCUT2D eigenvalue weighted by Crippen LogP contribution is 2.21. The van der Waals surface area contributed by atoms with Gasteiger partial charge in [-0.3, -0.25) is 4.79 Å². The van der Waals surface area contributed by atoms with Crippen molar-refractivity contribution in [3.63, 3.8) is 0 Å². The third kappa shape index (κ3) is 1.55. The van der Waals surface area contributed by atoms with Gasteiger partial charge in [-0.25, -0.2) is 0 Å². The number of aromatic amines is 1. The Morgan fingerprint density at radius 3 is 2.87 bits per heavy atom. The fraction of sp³-hybridized carbons (Fsp3) is 0.0909. The second kappa shape index (κ2) is 3.46. The molecular weight excluding hydrogens is 190 g/mol. The lowest BCUT2D eigenvalue weighted by molar-refractivity contribution is -0.115. The van der Waals surface area contributed by atoms with E-state index in [-0.39, 0.29) is 11.5 Å². The lowest BCUT2D eigenvalue weighted by Crippen LogP contribution is -2.15. The Kier molecular flexibility index (Phi) is 2.14. The molecule has 0 atom stereocenters. The van der Waals surface area contributed by atoms with Gasteiger partial charge in [-0.1, -0.05) is 0 Å². The maximum atomic E-state index is 11.3. The number of carbonyl (C=O) groups is 1. The summed E-state index contributed by atoms with van der Waals surface area (Å²) < 4.78 is 0. The lowest BCUT2D eigenvalue weighted by atomic mass is 10.1. The molecule has 0 unspecified atom stereocenters. The fourth-order valence-corrected chi connectivity index (χ4v) is 1.45. The number of amides is 1. The number of hydrogen-bond acceptors (Lipinski definition) is 2. The monoisotopic (exact) mass is 199 g/mol. The zero-order valence-electron chi connectivity index (χ0n) is 8.16. The van der Waals surface area contributed by atoms with Crippen LogP contribution in [0, 0.1) is 11.3 Å². The van der Waals surface area contributed by atoms with Gasteiger partial charge in [0.1, 0.15) is 11.6 Å². The quantitative estimate of drug-likeness (QED) is 0.716. The highest BCUT2D eigenvalue weighted by molar-refractivity contribution is 6.04. The van der Waals surface area contributed by atoms with Gasteiger partial charge in [0.2, 0.25) is 0 Å². The van der Waals surface area contributed by atoms with Gasteiger partial charge in [0.25, 0.3) is 5.91 Å². The van der Waals surface area contributed by atoms with Crippen LogP contribution in [0.15, 0.2) is 35.2 Å². The van der Waals surface area contributed by atoms with E-state index in [0.717, 1.165) is 5.69 Å². The largest absolute Gasteiger partial charge is 0.362 e. The van der Waals surface area contributed by atoms with Crippen LogP contribution in [0.3, 0.4) is 0 Å². The zero-order valence-corrected chi connectivity index (χ0v) is 8.16. The Labute approximate surface area is 86.9 Å². The van der Waals surface area contributed by atoms with E-state index >= 15 is 0 Å². The predicted octanol–water partition coefficient (Wildman–Crippen LogP) is 1.33. The molecule has 2 N–H and O–H groups in total. The fourth-order valence-electron chi connectivity index (χ4n) is 1.45. The Hall–Kier alpha value is -2.28. The molecule has 1 amide bonds. The van der Waals surface area contributed by atoms with Crippen molar-refractivity contribution in [1.29, 1.82) is 5.26 Å². The Bertz CT molecular complexity index is 500. The number of rotatable bonds is 1. The van der Waals surface area contributed by atoms with Crippen LogP contribution in [0.4, 0.5) is 0 Å². The Morgan fingerprint density at radius 2 is 2.33 bits per heavy atom. The summed E-state index contributed by atoms with van der Waals surface area (Å²) in [6.45, 7) is 1.76. The summed E-state index contributed by atoms with van der Waals surface area (Å²) in [5.41, 5.74) is 2.45. The van der Waals surface area contributed by atoms with Gasteiger partial charge in [-0.05, 0) is 30.7 Å². The molecule has 1 aromatic rings. The minimum atomic E-state index is -0.326. The highest BCUT2D eigenvalue weighted by atomic mass is 16.1. The van der Waals surface area contributed by atoms with E-state index < -0.39 is 0 Å². The average Bonchev–Trinajstić information content (AvgIpc) is 2.78. The molecule has 1 aromatic heterocycles. The standard InChI is InChI=1S/C11H9N3O/c1-7-9(6-12)11(15)14-10(7)5-8-3-2-4-13-8/h2-5,13H,1H3,(H,14,15)/b10-5-. The van der Waals surface area contributed by atoms with Gasteiger partial charge in [-0.2, -0.15) is 5.26 Å². The minimum Gasteiger partial charge on any atom is -0.362 e. The van der Waals surface area contributed by atoms with Crippen molar-refractivity contribution in [2.24, 2.45) is 0 Å². The summed E-state index contributed by atoms with van der Waals surface area (Å²) >= 11 is 0. The first-order valence-electron chi connectivity index (χ1n) is 4.50. The maximum Gasteiger partial charge on any atom is 0.266 e. The molecule has 74 valence electrons. The summed E-state index contributed by atoms with van der Waals surface area (Å²) in [5, 5.41) is 11.4. The van der Waals surface area contributed by atoms with Crippen LogP contribution in [-0.4, -0.2) is 10.9 Å². The van der Waals surface area contributed by atoms with Crippen molar-refractivity contribution in [2.75, 3.05) is 0 Å². The minimum absolute atomic E-state index is 0.188. The molecule has 0 saturated carbocycles. The molecule has 0 aromatic carbocycles. The van der Waals surface area contributed by atoms with Gasteiger partial charge >= 0.3 is 0 Å². The van der Waals surface area contributed by atoms with Crippen LogP contribution < -0.4 is 5.32 Å². The SMILES string of the molecule is CC1=C(C#N)C(=O)N/C1=C\c1ccc[nH]1. The van der Waals surface area contributed by atoms with Crippen LogP contribution in [0.25, 0.3) is 6.08 Å². The summed E-state index contributed by atoms with van der Waals surface area (Å²) in [4.78, 5) is 14.3. The Morgan fingerprint density at radius 1 is 1.53 bits per heavy atom. The highest BCUT2D eigenvalue weighted by Gasteiger charge is 2.23. The molecular formula is C11H9N3O. The van der Waals surface area contributed by atoms with E-state index in [1.165, 1.54) is 0 Å². The van der Waals surface area contributed by atoms with Gasteiger partial charge in [-0.15, -0.1) is 0 Å². The second-order valence-corrected chi connectivity index (χ2v) is 3.25. The molecule has 15 heavy (non-hydrogen) atoms. The van der Waals surface area contributed by atoms with Crippen LogP contribution in [0.2, 0.25) is 0 Å². The van der Waals surface area contributed by atoms with Crippen molar-refractivity contribution in [3.8, 4) is 6.07 Å². The predicted molar refractivity (Wildman–Crippen MR) is 55.2 cm³/mol. The molecule has 0 spiro atoms. The number of aromatic nitrogens is 1. The van der Waals surface area contributed by atoms with Crippen LogP contribution in [-0.2, 0) is 4.79 Å². The van der Waals surface area contributed by atoms with E-state index in [1.807, 2.05) is 18.2 Å². The smallest absolute Gasteiger partial charge is 0.266 e. The second-order valence-electron chi connectivity index (χ2n) is 3.25. The number of nitriles is 1. The van der Waals surface area contributed by atoms with Crippen molar-refractivity contribution >= 4 is 12.0 Å². The topological polar surface area (TPSA) is 68.7 Å². The number of allylic oxidation sites excluding steroid dienone is 1. The van der Waals surface area contributed by atoms with E-state index in [0.29, 0.717) is 11.3 Å². The first kappa shape index (κ1) is 9.28. The Balaban J connectivity index is 2.40.